The van der Waals surface area contributed by atoms with Crippen LogP contribution in [-0.4, -0.2) is 23.5 Å². The first-order chi connectivity index (χ1) is 7.66. The molecular formula is C11H13NO3S. The van der Waals surface area contributed by atoms with Crippen molar-refractivity contribution in [3.05, 3.63) is 21.9 Å². The van der Waals surface area contributed by atoms with Crippen molar-refractivity contribution in [1.29, 1.82) is 0 Å². The van der Waals surface area contributed by atoms with Crippen molar-refractivity contribution in [2.45, 2.75) is 19.3 Å². The molecule has 1 aliphatic rings. The number of hydrogen-bond donors (Lipinski definition) is 2. The van der Waals surface area contributed by atoms with E-state index in [-0.39, 0.29) is 10.8 Å². The van der Waals surface area contributed by atoms with Crippen molar-refractivity contribution >= 4 is 23.2 Å². The molecule has 1 heterocycles. The predicted molar refractivity (Wildman–Crippen MR) is 61.0 cm³/mol. The molecule has 2 rings (SSSR count). The molecule has 1 aliphatic carbocycles. The van der Waals surface area contributed by atoms with Crippen LogP contribution >= 0.6 is 11.3 Å². The van der Waals surface area contributed by atoms with E-state index in [2.05, 4.69) is 5.32 Å². The lowest BCUT2D eigenvalue weighted by molar-refractivity contribution is 0.0702. The van der Waals surface area contributed by atoms with E-state index >= 15 is 0 Å². The van der Waals surface area contributed by atoms with Crippen LogP contribution in [0.5, 0.6) is 0 Å². The summed E-state index contributed by atoms with van der Waals surface area (Å²) in [5, 5.41) is 11.6. The fourth-order valence-corrected chi connectivity index (χ4v) is 2.36. The molecule has 16 heavy (non-hydrogen) atoms. The zero-order valence-corrected chi connectivity index (χ0v) is 9.55. The molecule has 0 aliphatic heterocycles. The molecule has 5 heteroatoms. The quantitative estimate of drug-likeness (QED) is 0.844. The maximum atomic E-state index is 11.6. The molecule has 0 bridgehead atoms. The molecule has 86 valence electrons. The van der Waals surface area contributed by atoms with Gasteiger partial charge in [0.25, 0.3) is 5.91 Å². The van der Waals surface area contributed by atoms with Gasteiger partial charge >= 0.3 is 5.97 Å². The van der Waals surface area contributed by atoms with E-state index in [1.54, 1.807) is 6.07 Å². The van der Waals surface area contributed by atoms with Crippen LogP contribution in [0, 0.1) is 5.92 Å². The van der Waals surface area contributed by atoms with E-state index in [1.165, 1.54) is 25.3 Å². The molecule has 0 spiro atoms. The first kappa shape index (κ1) is 11.1. The number of carboxylic acids is 1. The summed E-state index contributed by atoms with van der Waals surface area (Å²) >= 11 is 1.01. The molecule has 4 nitrogen and oxygen atoms in total. The van der Waals surface area contributed by atoms with Crippen LogP contribution in [0.4, 0.5) is 0 Å². The van der Waals surface area contributed by atoms with Crippen LogP contribution < -0.4 is 5.32 Å². The molecule has 0 saturated heterocycles. The number of nitrogens with one attached hydrogen (secondary N) is 1. The Hall–Kier alpha value is -1.36. The Bertz CT molecular complexity index is 409. The minimum absolute atomic E-state index is 0.163. The lowest BCUT2D eigenvalue weighted by Gasteiger charge is -2.25. The second-order valence-corrected chi connectivity index (χ2v) is 5.06. The van der Waals surface area contributed by atoms with E-state index in [4.69, 9.17) is 5.11 Å². The lowest BCUT2D eigenvalue weighted by Crippen LogP contribution is -2.31. The van der Waals surface area contributed by atoms with Gasteiger partial charge in [0.15, 0.2) is 0 Å². The molecule has 1 aromatic rings. The number of carboxylic acid groups (broad SMARTS) is 1. The van der Waals surface area contributed by atoms with Crippen molar-refractivity contribution in [3.63, 3.8) is 0 Å². The van der Waals surface area contributed by atoms with Gasteiger partial charge in [-0.15, -0.1) is 11.3 Å². The zero-order valence-electron chi connectivity index (χ0n) is 8.73. The van der Waals surface area contributed by atoms with Crippen LogP contribution in [0.1, 0.15) is 38.6 Å². The summed E-state index contributed by atoms with van der Waals surface area (Å²) in [5.74, 6) is -0.532. The summed E-state index contributed by atoms with van der Waals surface area (Å²) < 4.78 is 0. The molecule has 2 N–H and O–H groups in total. The maximum absolute atomic E-state index is 11.6. The van der Waals surface area contributed by atoms with Gasteiger partial charge in [0.1, 0.15) is 4.88 Å². The smallest absolute Gasteiger partial charge is 0.345 e. The largest absolute Gasteiger partial charge is 0.477 e. The highest BCUT2D eigenvalue weighted by atomic mass is 32.1. The van der Waals surface area contributed by atoms with E-state index in [0.29, 0.717) is 17.3 Å². The van der Waals surface area contributed by atoms with Gasteiger partial charge in [0.2, 0.25) is 0 Å². The first-order valence-electron chi connectivity index (χ1n) is 5.28. The topological polar surface area (TPSA) is 66.4 Å². The summed E-state index contributed by atoms with van der Waals surface area (Å²) in [7, 11) is 0. The number of hydrogen-bond acceptors (Lipinski definition) is 3. The molecule has 1 fully saturated rings. The van der Waals surface area contributed by atoms with Gasteiger partial charge in [-0.25, -0.2) is 4.79 Å². The third-order valence-corrected chi connectivity index (χ3v) is 3.89. The Balaban J connectivity index is 1.89. The highest BCUT2D eigenvalue weighted by Crippen LogP contribution is 2.25. The zero-order chi connectivity index (χ0) is 11.5. The Kier molecular flexibility index (Phi) is 3.24. The first-order valence-corrected chi connectivity index (χ1v) is 6.10. The lowest BCUT2D eigenvalue weighted by atomic mass is 9.85. The molecule has 1 aromatic heterocycles. The molecule has 1 saturated carbocycles. The molecule has 0 aromatic carbocycles. The summed E-state index contributed by atoms with van der Waals surface area (Å²) in [5.41, 5.74) is 0. The number of carbonyl (C=O) groups excluding carboxylic acids is 1. The van der Waals surface area contributed by atoms with Crippen molar-refractivity contribution in [2.75, 3.05) is 6.54 Å². The Morgan fingerprint density at radius 2 is 2.06 bits per heavy atom. The second kappa shape index (κ2) is 4.65. The average molecular weight is 239 g/mol. The molecule has 1 amide bonds. The second-order valence-electron chi connectivity index (χ2n) is 3.98. The van der Waals surface area contributed by atoms with Crippen LogP contribution in [0.25, 0.3) is 0 Å². The maximum Gasteiger partial charge on any atom is 0.345 e. The van der Waals surface area contributed by atoms with Crippen molar-refractivity contribution in [2.24, 2.45) is 5.92 Å². The fourth-order valence-electron chi connectivity index (χ4n) is 1.60. The van der Waals surface area contributed by atoms with Crippen LogP contribution in [0.2, 0.25) is 0 Å². The summed E-state index contributed by atoms with van der Waals surface area (Å²) in [6.07, 6.45) is 3.62. The van der Waals surface area contributed by atoms with Crippen LogP contribution in [0.15, 0.2) is 12.1 Å². The predicted octanol–water partition coefficient (Wildman–Crippen LogP) is 1.98. The molecule has 0 radical (unpaired) electrons. The van der Waals surface area contributed by atoms with Gasteiger partial charge in [-0.05, 0) is 30.9 Å². The average Bonchev–Trinajstić information content (AvgIpc) is 2.63. The van der Waals surface area contributed by atoms with Gasteiger partial charge in [-0.1, -0.05) is 6.42 Å². The fraction of sp³-hybridized carbons (Fsp3) is 0.455. The number of rotatable bonds is 4. The number of aromatic carboxylic acids is 1. The van der Waals surface area contributed by atoms with Crippen molar-refractivity contribution in [1.82, 2.24) is 5.32 Å². The van der Waals surface area contributed by atoms with E-state index < -0.39 is 5.97 Å². The third kappa shape index (κ3) is 2.41. The van der Waals surface area contributed by atoms with Gasteiger partial charge in [-0.2, -0.15) is 0 Å². The van der Waals surface area contributed by atoms with E-state index in [0.717, 1.165) is 11.3 Å². The highest BCUT2D eigenvalue weighted by molar-refractivity contribution is 7.15. The number of amides is 1. The summed E-state index contributed by atoms with van der Waals surface area (Å²) in [6, 6.07) is 3.02. The van der Waals surface area contributed by atoms with Gasteiger partial charge in [-0.3, -0.25) is 4.79 Å². The summed E-state index contributed by atoms with van der Waals surface area (Å²) in [6.45, 7) is 0.707. The van der Waals surface area contributed by atoms with Crippen molar-refractivity contribution in [3.8, 4) is 0 Å². The Morgan fingerprint density at radius 3 is 2.56 bits per heavy atom. The van der Waals surface area contributed by atoms with E-state index in [9.17, 15) is 9.59 Å². The third-order valence-electron chi connectivity index (χ3n) is 2.82. The monoisotopic (exact) mass is 239 g/mol. The highest BCUT2D eigenvalue weighted by Gasteiger charge is 2.19. The van der Waals surface area contributed by atoms with Crippen molar-refractivity contribution < 1.29 is 14.7 Å². The molecule has 0 unspecified atom stereocenters. The van der Waals surface area contributed by atoms with E-state index in [1.807, 2.05) is 0 Å². The standard InChI is InChI=1S/C11H13NO3S/c13-10(12-6-7-2-1-3-7)8-4-5-9(16-8)11(14)15/h4-5,7H,1-3,6H2,(H,12,13)(H,14,15). The Labute approximate surface area is 97.3 Å². The van der Waals surface area contributed by atoms with Gasteiger partial charge in [0.05, 0.1) is 4.88 Å². The van der Waals surface area contributed by atoms with Crippen LogP contribution in [-0.2, 0) is 0 Å². The normalized spacial score (nSPS) is 15.5. The minimum Gasteiger partial charge on any atom is -0.477 e. The number of carbonyl (C=O) groups is 2. The molecular weight excluding hydrogens is 226 g/mol. The summed E-state index contributed by atoms with van der Waals surface area (Å²) in [4.78, 5) is 22.9. The van der Waals surface area contributed by atoms with Gasteiger partial charge in [0, 0.05) is 6.54 Å². The molecule has 0 atom stereocenters. The number of thiophene rings is 1. The Morgan fingerprint density at radius 1 is 1.38 bits per heavy atom. The minimum atomic E-state index is -0.983. The SMILES string of the molecule is O=C(O)c1ccc(C(=O)NCC2CCC2)s1. The van der Waals surface area contributed by atoms with Crippen LogP contribution in [0.3, 0.4) is 0 Å². The van der Waals surface area contributed by atoms with Gasteiger partial charge < -0.3 is 10.4 Å².